The number of hydrogen-bond donors (Lipinski definition) is 1. The lowest BCUT2D eigenvalue weighted by Crippen LogP contribution is -2.34. The summed E-state index contributed by atoms with van der Waals surface area (Å²) in [6.07, 6.45) is 2.34. The number of nitrogens with two attached hydrogens (primary N) is 1. The van der Waals surface area contributed by atoms with Gasteiger partial charge in [0, 0.05) is 0 Å². The first-order chi connectivity index (χ1) is 9.61. The molecule has 0 spiro atoms. The van der Waals surface area contributed by atoms with Crippen molar-refractivity contribution >= 4 is 5.97 Å². The van der Waals surface area contributed by atoms with Gasteiger partial charge in [0.2, 0.25) is 5.82 Å². The maximum Gasteiger partial charge on any atom is 0.323 e. The molecule has 2 N–H and O–H groups in total. The molecule has 105 valence electrons. The number of benzene rings is 1. The Morgan fingerprint density at radius 3 is 3.00 bits per heavy atom. The molecule has 0 aliphatic rings. The molecule has 20 heavy (non-hydrogen) atoms. The van der Waals surface area contributed by atoms with Gasteiger partial charge in [-0.2, -0.15) is 4.98 Å². The molecule has 6 nitrogen and oxygen atoms in total. The lowest BCUT2D eigenvalue weighted by molar-refractivity contribution is -0.144. The fourth-order valence-electron chi connectivity index (χ4n) is 1.71. The number of hydrogen-bond acceptors (Lipinski definition) is 6. The molecule has 1 atom stereocenters. The molecule has 0 aliphatic carbocycles. The zero-order valence-electron chi connectivity index (χ0n) is 10.8. The quantitative estimate of drug-likeness (QED) is 0.824. The van der Waals surface area contributed by atoms with Gasteiger partial charge in [-0.1, -0.05) is 11.2 Å². The number of ether oxygens (including phenoxy) is 1. The van der Waals surface area contributed by atoms with Crippen LogP contribution in [0.25, 0.3) is 11.4 Å². The Kier molecular flexibility index (Phi) is 4.41. The van der Waals surface area contributed by atoms with Crippen molar-refractivity contribution in [3.05, 3.63) is 36.0 Å². The van der Waals surface area contributed by atoms with E-state index in [2.05, 4.69) is 21.1 Å². The molecule has 1 heterocycles. The van der Waals surface area contributed by atoms with Crippen LogP contribution in [0.5, 0.6) is 0 Å². The molecule has 1 radical (unpaired) electrons. The van der Waals surface area contributed by atoms with Crippen LogP contribution >= 0.6 is 0 Å². The third kappa shape index (κ3) is 3.18. The lowest BCUT2D eigenvalue weighted by atomic mass is 10.0. The topological polar surface area (TPSA) is 91.2 Å². The van der Waals surface area contributed by atoms with Gasteiger partial charge in [0.05, 0.1) is 12.2 Å². The molecule has 1 unspecified atom stereocenters. The minimum atomic E-state index is -0.821. The van der Waals surface area contributed by atoms with Crippen LogP contribution in [0.15, 0.2) is 22.7 Å². The van der Waals surface area contributed by atoms with Crippen molar-refractivity contribution in [3.63, 3.8) is 0 Å². The standard InChI is InChI=1S/C13H13FN3O3/c1-2-19-13(18)11(15)6-8-3-4-9(10(14)5-8)12-16-7-20-17-12/h3-5,11H,2,6,15H2,1H3. The molecule has 0 saturated heterocycles. The molecule has 0 aliphatic heterocycles. The molecule has 0 amide bonds. The summed E-state index contributed by atoms with van der Waals surface area (Å²) in [7, 11) is 0. The van der Waals surface area contributed by atoms with Gasteiger partial charge in [0.1, 0.15) is 11.9 Å². The van der Waals surface area contributed by atoms with Gasteiger partial charge in [0.25, 0.3) is 0 Å². The van der Waals surface area contributed by atoms with E-state index >= 15 is 0 Å². The summed E-state index contributed by atoms with van der Waals surface area (Å²) in [4.78, 5) is 15.1. The Morgan fingerprint density at radius 1 is 1.60 bits per heavy atom. The molecular formula is C13H13FN3O3. The minimum absolute atomic E-state index is 0.115. The number of carbonyl (C=O) groups excluding carboxylic acids is 1. The fourth-order valence-corrected chi connectivity index (χ4v) is 1.71. The van der Waals surface area contributed by atoms with Crippen molar-refractivity contribution in [3.8, 4) is 11.4 Å². The normalized spacial score (nSPS) is 12.2. The van der Waals surface area contributed by atoms with Crippen LogP contribution in [-0.2, 0) is 16.0 Å². The maximum absolute atomic E-state index is 13.9. The van der Waals surface area contributed by atoms with Gasteiger partial charge in [0.15, 0.2) is 0 Å². The zero-order valence-corrected chi connectivity index (χ0v) is 10.8. The molecular weight excluding hydrogens is 265 g/mol. The number of rotatable bonds is 5. The molecule has 0 saturated carbocycles. The van der Waals surface area contributed by atoms with Crippen LogP contribution in [0.1, 0.15) is 12.5 Å². The Labute approximate surface area is 114 Å². The van der Waals surface area contributed by atoms with Gasteiger partial charge >= 0.3 is 12.4 Å². The molecule has 2 aromatic rings. The van der Waals surface area contributed by atoms with Crippen LogP contribution in [0.3, 0.4) is 0 Å². The van der Waals surface area contributed by atoms with E-state index in [1.165, 1.54) is 12.1 Å². The molecule has 7 heteroatoms. The number of carbonyl (C=O) groups is 1. The Balaban J connectivity index is 2.11. The molecule has 1 aromatic heterocycles. The number of aromatic nitrogens is 2. The number of halogens is 1. The molecule has 2 rings (SSSR count). The summed E-state index contributed by atoms with van der Waals surface area (Å²) >= 11 is 0. The first-order valence-electron chi connectivity index (χ1n) is 6.02. The van der Waals surface area contributed by atoms with Gasteiger partial charge in [-0.3, -0.25) is 4.79 Å². The van der Waals surface area contributed by atoms with Gasteiger partial charge < -0.3 is 15.0 Å². The van der Waals surface area contributed by atoms with Crippen LogP contribution in [0, 0.1) is 12.2 Å². The molecule has 0 bridgehead atoms. The van der Waals surface area contributed by atoms with Crippen molar-refractivity contribution in [1.82, 2.24) is 10.1 Å². The second kappa shape index (κ2) is 6.25. The van der Waals surface area contributed by atoms with E-state index in [1.807, 2.05) is 0 Å². The largest absolute Gasteiger partial charge is 0.465 e. The summed E-state index contributed by atoms with van der Waals surface area (Å²) in [5.74, 6) is -0.915. The Morgan fingerprint density at radius 2 is 2.40 bits per heavy atom. The number of nitrogens with zero attached hydrogens (tertiary/aromatic N) is 2. The zero-order chi connectivity index (χ0) is 14.5. The van der Waals surface area contributed by atoms with Gasteiger partial charge in [-0.05, 0) is 31.0 Å². The van der Waals surface area contributed by atoms with Crippen LogP contribution in [0.2, 0.25) is 0 Å². The van der Waals surface area contributed by atoms with E-state index in [1.54, 1.807) is 13.0 Å². The van der Waals surface area contributed by atoms with E-state index in [4.69, 9.17) is 10.5 Å². The highest BCUT2D eigenvalue weighted by molar-refractivity contribution is 5.75. The van der Waals surface area contributed by atoms with Crippen molar-refractivity contribution in [1.29, 1.82) is 0 Å². The Bertz CT molecular complexity index is 587. The highest BCUT2D eigenvalue weighted by Crippen LogP contribution is 2.20. The summed E-state index contributed by atoms with van der Waals surface area (Å²) in [5, 5.41) is 3.51. The van der Waals surface area contributed by atoms with Crippen molar-refractivity contribution in [2.45, 2.75) is 19.4 Å². The fraction of sp³-hybridized carbons (Fsp3) is 0.308. The van der Waals surface area contributed by atoms with Crippen molar-refractivity contribution in [2.75, 3.05) is 6.61 Å². The molecule has 0 fully saturated rings. The summed E-state index contributed by atoms with van der Waals surface area (Å²) < 4.78 is 23.2. The summed E-state index contributed by atoms with van der Waals surface area (Å²) in [5.41, 5.74) is 6.46. The Hall–Kier alpha value is -2.28. The van der Waals surface area contributed by atoms with Crippen LogP contribution in [-0.4, -0.2) is 28.8 Å². The predicted octanol–water partition coefficient (Wildman–Crippen LogP) is 1.11. The maximum atomic E-state index is 13.9. The van der Waals surface area contributed by atoms with Gasteiger partial charge in [-0.15, -0.1) is 0 Å². The minimum Gasteiger partial charge on any atom is -0.465 e. The average Bonchev–Trinajstić information content (AvgIpc) is 2.93. The van der Waals surface area contributed by atoms with E-state index in [0.717, 1.165) is 0 Å². The van der Waals surface area contributed by atoms with Crippen LogP contribution < -0.4 is 5.73 Å². The smallest absolute Gasteiger partial charge is 0.323 e. The van der Waals surface area contributed by atoms with Crippen molar-refractivity contribution < 1.29 is 18.4 Å². The molecule has 1 aromatic carbocycles. The summed E-state index contributed by atoms with van der Waals surface area (Å²) in [6, 6.07) is 3.61. The van der Waals surface area contributed by atoms with E-state index in [-0.39, 0.29) is 24.4 Å². The third-order valence-electron chi connectivity index (χ3n) is 2.64. The number of esters is 1. The average molecular weight is 278 g/mol. The van der Waals surface area contributed by atoms with E-state index < -0.39 is 17.8 Å². The van der Waals surface area contributed by atoms with E-state index in [0.29, 0.717) is 5.56 Å². The first-order valence-corrected chi connectivity index (χ1v) is 6.02. The van der Waals surface area contributed by atoms with Crippen LogP contribution in [0.4, 0.5) is 4.39 Å². The van der Waals surface area contributed by atoms with E-state index in [9.17, 15) is 9.18 Å². The monoisotopic (exact) mass is 278 g/mol. The highest BCUT2D eigenvalue weighted by Gasteiger charge is 2.17. The second-order valence-corrected chi connectivity index (χ2v) is 4.09. The predicted molar refractivity (Wildman–Crippen MR) is 66.8 cm³/mol. The lowest BCUT2D eigenvalue weighted by Gasteiger charge is -2.11. The SMILES string of the molecule is CCOC(=O)C(N)Cc1ccc(-c2n[c]on2)c(F)c1. The third-order valence-corrected chi connectivity index (χ3v) is 2.64. The summed E-state index contributed by atoms with van der Waals surface area (Å²) in [6.45, 7) is 1.95. The van der Waals surface area contributed by atoms with Gasteiger partial charge in [-0.25, -0.2) is 4.39 Å². The highest BCUT2D eigenvalue weighted by atomic mass is 19.1. The van der Waals surface area contributed by atoms with Crippen molar-refractivity contribution in [2.24, 2.45) is 5.73 Å². The second-order valence-electron chi connectivity index (χ2n) is 4.09. The first kappa shape index (κ1) is 14.1.